The zero-order valence-corrected chi connectivity index (χ0v) is 15.9. The van der Waals surface area contributed by atoms with Gasteiger partial charge in [-0.05, 0) is 39.3 Å². The number of rotatable bonds is 7. The van der Waals surface area contributed by atoms with Gasteiger partial charge in [-0.15, -0.1) is 0 Å². The van der Waals surface area contributed by atoms with Crippen LogP contribution in [-0.2, 0) is 21.4 Å². The average molecular weight is 382 g/mol. The SMILES string of the molecule is Cc1cc(C)c(CNC(=O)CCNS(=O)(=O)c2c(C)noc2C)c(=O)[nH]1. The standard InChI is InChI=1S/C16H22N4O5S/c1-9-7-10(2)19-16(22)13(9)8-17-14(21)5-6-18-26(23,24)15-11(3)20-25-12(15)4/h7,18H,5-6,8H2,1-4H3,(H,17,21)(H,19,22). The third kappa shape index (κ3) is 4.58. The Morgan fingerprint density at radius 1 is 1.27 bits per heavy atom. The van der Waals surface area contributed by atoms with Crippen LogP contribution < -0.4 is 15.6 Å². The fraction of sp³-hybridized carbons (Fsp3) is 0.438. The number of nitrogens with one attached hydrogen (secondary N) is 3. The van der Waals surface area contributed by atoms with Crippen LogP contribution in [0.2, 0.25) is 0 Å². The van der Waals surface area contributed by atoms with Gasteiger partial charge in [-0.25, -0.2) is 13.1 Å². The summed E-state index contributed by atoms with van der Waals surface area (Å²) in [5, 5.41) is 6.22. The summed E-state index contributed by atoms with van der Waals surface area (Å²) in [6.45, 7) is 6.60. The molecule has 0 saturated heterocycles. The van der Waals surface area contributed by atoms with Gasteiger partial charge in [-0.2, -0.15) is 0 Å². The molecule has 0 aliphatic rings. The highest BCUT2D eigenvalue weighted by Crippen LogP contribution is 2.18. The molecule has 2 rings (SSSR count). The lowest BCUT2D eigenvalue weighted by molar-refractivity contribution is -0.121. The third-order valence-corrected chi connectivity index (χ3v) is 5.54. The van der Waals surface area contributed by atoms with Crippen molar-refractivity contribution < 1.29 is 17.7 Å². The van der Waals surface area contributed by atoms with Crippen molar-refractivity contribution in [2.75, 3.05) is 6.54 Å². The highest BCUT2D eigenvalue weighted by atomic mass is 32.2. The van der Waals surface area contributed by atoms with Crippen LogP contribution in [0, 0.1) is 27.7 Å². The second kappa shape index (κ2) is 7.83. The Labute approximate surface area is 151 Å². The van der Waals surface area contributed by atoms with Crippen LogP contribution in [-0.4, -0.2) is 31.0 Å². The monoisotopic (exact) mass is 382 g/mol. The molecule has 2 aromatic heterocycles. The lowest BCUT2D eigenvalue weighted by Crippen LogP contribution is -2.32. The lowest BCUT2D eigenvalue weighted by Gasteiger charge is -2.09. The summed E-state index contributed by atoms with van der Waals surface area (Å²) >= 11 is 0. The lowest BCUT2D eigenvalue weighted by atomic mass is 10.1. The number of H-pyrrole nitrogens is 1. The first-order valence-corrected chi connectivity index (χ1v) is 9.48. The maximum absolute atomic E-state index is 12.2. The number of hydrogen-bond acceptors (Lipinski definition) is 6. The zero-order valence-electron chi connectivity index (χ0n) is 15.1. The second-order valence-corrected chi connectivity index (χ2v) is 7.72. The number of pyridine rings is 1. The molecule has 0 atom stereocenters. The van der Waals surface area contributed by atoms with Crippen molar-refractivity contribution in [3.8, 4) is 0 Å². The van der Waals surface area contributed by atoms with E-state index in [-0.39, 0.29) is 47.3 Å². The summed E-state index contributed by atoms with van der Waals surface area (Å²) in [5.74, 6) is -0.181. The van der Waals surface area contributed by atoms with Crippen molar-refractivity contribution in [2.24, 2.45) is 0 Å². The third-order valence-electron chi connectivity index (χ3n) is 3.84. The number of amides is 1. The molecule has 142 valence electrons. The summed E-state index contributed by atoms with van der Waals surface area (Å²) in [6, 6.07) is 1.82. The molecule has 0 aromatic carbocycles. The molecule has 0 aliphatic heterocycles. The second-order valence-electron chi connectivity index (χ2n) is 6.02. The number of aromatic amines is 1. The molecular formula is C16H22N4O5S. The van der Waals surface area contributed by atoms with Gasteiger partial charge in [0.1, 0.15) is 10.6 Å². The van der Waals surface area contributed by atoms with E-state index in [1.165, 1.54) is 13.8 Å². The molecule has 0 spiro atoms. The van der Waals surface area contributed by atoms with E-state index in [0.29, 0.717) is 5.56 Å². The normalized spacial score (nSPS) is 11.5. The van der Waals surface area contributed by atoms with Gasteiger partial charge in [-0.3, -0.25) is 9.59 Å². The van der Waals surface area contributed by atoms with Gasteiger partial charge in [0.15, 0.2) is 5.76 Å². The number of hydrogen-bond donors (Lipinski definition) is 3. The maximum atomic E-state index is 12.2. The van der Waals surface area contributed by atoms with Gasteiger partial charge in [-0.1, -0.05) is 5.16 Å². The van der Waals surface area contributed by atoms with Crippen molar-refractivity contribution in [1.82, 2.24) is 20.2 Å². The van der Waals surface area contributed by atoms with Crippen LogP contribution in [0.3, 0.4) is 0 Å². The average Bonchev–Trinajstić information content (AvgIpc) is 2.85. The molecule has 2 heterocycles. The first kappa shape index (κ1) is 19.9. The minimum Gasteiger partial charge on any atom is -0.360 e. The van der Waals surface area contributed by atoms with E-state index in [9.17, 15) is 18.0 Å². The van der Waals surface area contributed by atoms with Gasteiger partial charge in [0.2, 0.25) is 15.9 Å². The first-order valence-electron chi connectivity index (χ1n) is 8.00. The van der Waals surface area contributed by atoms with E-state index in [1.54, 1.807) is 13.8 Å². The zero-order chi connectivity index (χ0) is 19.5. The van der Waals surface area contributed by atoms with Crippen molar-refractivity contribution in [3.05, 3.63) is 44.7 Å². The number of aromatic nitrogens is 2. The number of aryl methyl sites for hydroxylation is 4. The van der Waals surface area contributed by atoms with Crippen LogP contribution >= 0.6 is 0 Å². The quantitative estimate of drug-likeness (QED) is 0.641. The number of carbonyl (C=O) groups is 1. The molecule has 9 nitrogen and oxygen atoms in total. The van der Waals surface area contributed by atoms with Crippen molar-refractivity contribution in [3.63, 3.8) is 0 Å². The fourth-order valence-corrected chi connectivity index (χ4v) is 3.96. The highest BCUT2D eigenvalue weighted by molar-refractivity contribution is 7.89. The molecular weight excluding hydrogens is 360 g/mol. The van der Waals surface area contributed by atoms with E-state index < -0.39 is 10.0 Å². The van der Waals surface area contributed by atoms with Gasteiger partial charge in [0, 0.05) is 30.8 Å². The van der Waals surface area contributed by atoms with Gasteiger partial charge >= 0.3 is 0 Å². The predicted molar refractivity (Wildman–Crippen MR) is 94.2 cm³/mol. The number of carbonyl (C=O) groups excluding carboxylic acids is 1. The van der Waals surface area contributed by atoms with E-state index in [0.717, 1.165) is 11.3 Å². The smallest absolute Gasteiger partial charge is 0.253 e. The largest absolute Gasteiger partial charge is 0.360 e. The predicted octanol–water partition coefficient (Wildman–Crippen LogP) is 0.581. The molecule has 0 aliphatic carbocycles. The van der Waals surface area contributed by atoms with E-state index in [4.69, 9.17) is 4.52 Å². The molecule has 0 fully saturated rings. The number of sulfonamides is 1. The molecule has 10 heteroatoms. The minimum atomic E-state index is -3.80. The van der Waals surface area contributed by atoms with Crippen LogP contribution in [0.5, 0.6) is 0 Å². The Bertz CT molecular complexity index is 956. The maximum Gasteiger partial charge on any atom is 0.253 e. The van der Waals surface area contributed by atoms with E-state index in [1.807, 2.05) is 6.07 Å². The Hall–Kier alpha value is -2.46. The molecule has 0 radical (unpaired) electrons. The summed E-state index contributed by atoms with van der Waals surface area (Å²) in [6.07, 6.45) is -0.0641. The van der Waals surface area contributed by atoms with Gasteiger partial charge < -0.3 is 14.8 Å². The van der Waals surface area contributed by atoms with Crippen molar-refractivity contribution in [1.29, 1.82) is 0 Å². The van der Waals surface area contributed by atoms with Crippen LogP contribution in [0.25, 0.3) is 0 Å². The minimum absolute atomic E-state index is 0.0141. The Morgan fingerprint density at radius 3 is 2.54 bits per heavy atom. The van der Waals surface area contributed by atoms with Crippen molar-refractivity contribution in [2.45, 2.75) is 45.6 Å². The van der Waals surface area contributed by atoms with Crippen molar-refractivity contribution >= 4 is 15.9 Å². The number of nitrogens with zero attached hydrogens (tertiary/aromatic N) is 1. The highest BCUT2D eigenvalue weighted by Gasteiger charge is 2.23. The van der Waals surface area contributed by atoms with Gasteiger partial charge in [0.25, 0.3) is 5.56 Å². The topological polar surface area (TPSA) is 134 Å². The van der Waals surface area contributed by atoms with E-state index >= 15 is 0 Å². The molecule has 0 saturated carbocycles. The molecule has 26 heavy (non-hydrogen) atoms. The van der Waals surface area contributed by atoms with Crippen LogP contribution in [0.4, 0.5) is 0 Å². The Balaban J connectivity index is 1.89. The Kier molecular flexibility index (Phi) is 5.98. The molecule has 2 aromatic rings. The van der Waals surface area contributed by atoms with E-state index in [2.05, 4.69) is 20.2 Å². The Morgan fingerprint density at radius 2 is 1.96 bits per heavy atom. The molecule has 1 amide bonds. The summed E-state index contributed by atoms with van der Waals surface area (Å²) in [7, 11) is -3.80. The summed E-state index contributed by atoms with van der Waals surface area (Å²) < 4.78 is 31.6. The molecule has 0 bridgehead atoms. The molecule has 0 unspecified atom stereocenters. The fourth-order valence-electron chi connectivity index (χ4n) is 2.61. The van der Waals surface area contributed by atoms with Gasteiger partial charge in [0.05, 0.1) is 0 Å². The van der Waals surface area contributed by atoms with Crippen LogP contribution in [0.15, 0.2) is 20.3 Å². The first-order chi connectivity index (χ1) is 12.1. The summed E-state index contributed by atoms with van der Waals surface area (Å²) in [4.78, 5) is 26.5. The summed E-state index contributed by atoms with van der Waals surface area (Å²) in [5.41, 5.74) is 2.01. The van der Waals surface area contributed by atoms with Crippen LogP contribution in [0.1, 0.15) is 34.7 Å². The molecule has 3 N–H and O–H groups in total.